The molecule has 0 bridgehead atoms. The molecule has 0 spiro atoms. The molecule has 4 rings (SSSR count). The Balaban J connectivity index is 1.43. The minimum absolute atomic E-state index is 0.0935. The van der Waals surface area contributed by atoms with Gasteiger partial charge in [0, 0.05) is 17.9 Å². The molecular formula is C19H22F3N3O2S. The first-order valence-corrected chi connectivity index (χ1v) is 10.4. The SMILES string of the molecule is O=C=C(O)[C@@H]1CCC(N2CCC(c3nn(CC(F)(F)F)c4ccsc34)CC2)C1. The Bertz CT molecular complexity index is 892. The number of halogens is 3. The zero-order chi connectivity index (χ0) is 19.9. The van der Waals surface area contributed by atoms with Crippen LogP contribution in [0.15, 0.2) is 17.2 Å². The largest absolute Gasteiger partial charge is 0.502 e. The number of thiophene rings is 1. The summed E-state index contributed by atoms with van der Waals surface area (Å²) in [4.78, 5) is 13.0. The van der Waals surface area contributed by atoms with E-state index in [-0.39, 0.29) is 17.6 Å². The van der Waals surface area contributed by atoms with E-state index in [0.717, 1.165) is 60.3 Å². The van der Waals surface area contributed by atoms with Crippen molar-refractivity contribution < 1.29 is 23.1 Å². The van der Waals surface area contributed by atoms with Crippen molar-refractivity contribution in [2.24, 2.45) is 5.92 Å². The van der Waals surface area contributed by atoms with Crippen molar-refractivity contribution in [3.8, 4) is 0 Å². The predicted molar refractivity (Wildman–Crippen MR) is 100 cm³/mol. The van der Waals surface area contributed by atoms with E-state index in [1.165, 1.54) is 11.3 Å². The summed E-state index contributed by atoms with van der Waals surface area (Å²) in [6.45, 7) is 0.648. The monoisotopic (exact) mass is 413 g/mol. The van der Waals surface area contributed by atoms with Gasteiger partial charge >= 0.3 is 6.18 Å². The van der Waals surface area contributed by atoms with Gasteiger partial charge in [-0.1, -0.05) is 0 Å². The van der Waals surface area contributed by atoms with Crippen molar-refractivity contribution >= 4 is 27.5 Å². The first-order valence-electron chi connectivity index (χ1n) is 9.54. The Morgan fingerprint density at radius 2 is 2.04 bits per heavy atom. The van der Waals surface area contributed by atoms with Crippen molar-refractivity contribution in [3.05, 3.63) is 22.9 Å². The Hall–Kier alpha value is -1.83. The van der Waals surface area contributed by atoms with Crippen molar-refractivity contribution in [1.29, 1.82) is 0 Å². The van der Waals surface area contributed by atoms with Crippen LogP contribution in [-0.4, -0.2) is 51.0 Å². The van der Waals surface area contributed by atoms with Gasteiger partial charge in [-0.3, -0.25) is 4.68 Å². The number of piperidine rings is 1. The molecule has 5 nitrogen and oxygen atoms in total. The maximum Gasteiger partial charge on any atom is 0.408 e. The van der Waals surface area contributed by atoms with Gasteiger partial charge in [0.1, 0.15) is 6.54 Å². The fourth-order valence-electron chi connectivity index (χ4n) is 4.64. The molecule has 1 aliphatic carbocycles. The lowest BCUT2D eigenvalue weighted by molar-refractivity contribution is -0.141. The number of hydrogen-bond acceptors (Lipinski definition) is 5. The number of aliphatic hydroxyl groups excluding tert-OH is 1. The van der Waals surface area contributed by atoms with Crippen molar-refractivity contribution in [3.63, 3.8) is 0 Å². The molecule has 2 aromatic heterocycles. The van der Waals surface area contributed by atoms with Crippen molar-refractivity contribution in [2.45, 2.75) is 56.8 Å². The number of allylic oxidation sites excluding steroid dienone is 1. The summed E-state index contributed by atoms with van der Waals surface area (Å²) >= 11 is 1.46. The number of alkyl halides is 3. The highest BCUT2D eigenvalue weighted by Gasteiger charge is 2.35. The molecule has 1 N–H and O–H groups in total. The van der Waals surface area contributed by atoms with Gasteiger partial charge in [-0.25, -0.2) is 4.79 Å². The second-order valence-electron chi connectivity index (χ2n) is 7.75. The Labute approximate surface area is 164 Å². The van der Waals surface area contributed by atoms with Gasteiger partial charge in [0.25, 0.3) is 0 Å². The molecule has 9 heteroatoms. The molecule has 2 aliphatic rings. The average molecular weight is 413 g/mol. The van der Waals surface area contributed by atoms with Gasteiger partial charge in [0.05, 0.1) is 15.9 Å². The lowest BCUT2D eigenvalue weighted by atomic mass is 9.92. The van der Waals surface area contributed by atoms with Crippen LogP contribution >= 0.6 is 11.3 Å². The molecule has 0 aromatic carbocycles. The number of nitrogens with zero attached hydrogens (tertiary/aromatic N) is 3. The summed E-state index contributed by atoms with van der Waals surface area (Å²) < 4.78 is 40.5. The van der Waals surface area contributed by atoms with E-state index in [2.05, 4.69) is 10.00 Å². The van der Waals surface area contributed by atoms with E-state index in [1.807, 2.05) is 5.38 Å². The molecule has 3 heterocycles. The minimum atomic E-state index is -4.29. The van der Waals surface area contributed by atoms with Gasteiger partial charge in [-0.2, -0.15) is 18.3 Å². The summed E-state index contributed by atoms with van der Waals surface area (Å²) in [5, 5.41) is 15.8. The first kappa shape index (κ1) is 19.5. The predicted octanol–water partition coefficient (Wildman–Crippen LogP) is 4.28. The summed E-state index contributed by atoms with van der Waals surface area (Å²) in [6.07, 6.45) is -0.0810. The van der Waals surface area contributed by atoms with E-state index in [9.17, 15) is 23.1 Å². The number of aliphatic hydroxyl groups is 1. The van der Waals surface area contributed by atoms with E-state index in [4.69, 9.17) is 0 Å². The van der Waals surface area contributed by atoms with Gasteiger partial charge in [-0.15, -0.1) is 11.3 Å². The molecule has 2 atom stereocenters. The third-order valence-corrected chi connectivity index (χ3v) is 6.97. The van der Waals surface area contributed by atoms with Crippen molar-refractivity contribution in [2.75, 3.05) is 13.1 Å². The highest BCUT2D eigenvalue weighted by atomic mass is 32.1. The lowest BCUT2D eigenvalue weighted by Crippen LogP contribution is -2.40. The highest BCUT2D eigenvalue weighted by molar-refractivity contribution is 7.17. The summed E-state index contributed by atoms with van der Waals surface area (Å²) in [6, 6.07) is 2.05. The van der Waals surface area contributed by atoms with Crippen LogP contribution in [0.1, 0.15) is 43.7 Å². The normalized spacial score (nSPS) is 24.7. The van der Waals surface area contributed by atoms with Crippen LogP contribution < -0.4 is 0 Å². The fourth-order valence-corrected chi connectivity index (χ4v) is 5.60. The van der Waals surface area contributed by atoms with E-state index < -0.39 is 12.7 Å². The van der Waals surface area contributed by atoms with Gasteiger partial charge in [0.15, 0.2) is 11.7 Å². The zero-order valence-electron chi connectivity index (χ0n) is 15.3. The van der Waals surface area contributed by atoms with E-state index >= 15 is 0 Å². The van der Waals surface area contributed by atoms with Crippen LogP contribution in [0.25, 0.3) is 10.2 Å². The minimum Gasteiger partial charge on any atom is -0.502 e. The van der Waals surface area contributed by atoms with E-state index in [0.29, 0.717) is 11.6 Å². The number of fused-ring (bicyclic) bond motifs is 1. The van der Waals surface area contributed by atoms with Gasteiger partial charge in [-0.05, 0) is 56.6 Å². The molecule has 2 aromatic rings. The molecule has 1 saturated carbocycles. The summed E-state index contributed by atoms with van der Waals surface area (Å²) in [5.74, 6) is 1.50. The molecule has 1 unspecified atom stereocenters. The number of hydrogen-bond donors (Lipinski definition) is 1. The molecule has 1 aliphatic heterocycles. The molecule has 0 amide bonds. The Kier molecular flexibility index (Phi) is 5.24. The van der Waals surface area contributed by atoms with E-state index in [1.54, 1.807) is 12.0 Å². The number of likely N-dealkylation sites (tertiary alicyclic amines) is 1. The van der Waals surface area contributed by atoms with Crippen molar-refractivity contribution in [1.82, 2.24) is 14.7 Å². The molecule has 1 saturated heterocycles. The second kappa shape index (κ2) is 7.54. The second-order valence-corrected chi connectivity index (χ2v) is 8.67. The fraction of sp³-hybridized carbons (Fsp3) is 0.632. The first-order chi connectivity index (χ1) is 13.4. The molecule has 0 radical (unpaired) electrons. The average Bonchev–Trinajstić information content (AvgIpc) is 3.38. The lowest BCUT2D eigenvalue weighted by Gasteiger charge is -2.35. The van der Waals surface area contributed by atoms with Crippen LogP contribution in [0.2, 0.25) is 0 Å². The third-order valence-electron chi connectivity index (χ3n) is 6.04. The standard InChI is InChI=1S/C19H22F3N3O2S/c20-19(21,22)11-25-15-5-8-28-18(15)17(23-25)12-3-6-24(7-4-12)14-2-1-13(9-14)16(27)10-26/h5,8,12-14,27H,1-4,6-7,9,11H2/t13-,14?/m1/s1. The zero-order valence-corrected chi connectivity index (χ0v) is 16.1. The Morgan fingerprint density at radius 1 is 1.29 bits per heavy atom. The number of rotatable bonds is 4. The molecule has 2 fully saturated rings. The summed E-state index contributed by atoms with van der Waals surface area (Å²) in [7, 11) is 0. The summed E-state index contributed by atoms with van der Waals surface area (Å²) in [5.41, 5.74) is 1.36. The van der Waals surface area contributed by atoms with Crippen LogP contribution in [0.3, 0.4) is 0 Å². The quantitative estimate of drug-likeness (QED) is 0.600. The molecular weight excluding hydrogens is 391 g/mol. The number of aromatic nitrogens is 2. The van der Waals surface area contributed by atoms with Gasteiger partial charge < -0.3 is 10.0 Å². The molecule has 28 heavy (non-hydrogen) atoms. The van der Waals surface area contributed by atoms with Crippen LogP contribution in [0.4, 0.5) is 13.2 Å². The Morgan fingerprint density at radius 3 is 2.71 bits per heavy atom. The van der Waals surface area contributed by atoms with Crippen LogP contribution in [-0.2, 0) is 11.3 Å². The number of carbonyl (C=O) groups excluding carboxylic acids is 1. The third kappa shape index (κ3) is 3.83. The maximum absolute atomic E-state index is 12.9. The topological polar surface area (TPSA) is 58.4 Å². The van der Waals surface area contributed by atoms with Crippen LogP contribution in [0, 0.1) is 5.92 Å². The van der Waals surface area contributed by atoms with Crippen LogP contribution in [0.5, 0.6) is 0 Å². The van der Waals surface area contributed by atoms with Gasteiger partial charge in [0.2, 0.25) is 0 Å². The highest BCUT2D eigenvalue weighted by Crippen LogP contribution is 2.39. The smallest absolute Gasteiger partial charge is 0.408 e. The maximum atomic E-state index is 12.9. The molecule has 152 valence electrons.